The summed E-state index contributed by atoms with van der Waals surface area (Å²) >= 11 is 0. The van der Waals surface area contributed by atoms with E-state index in [4.69, 9.17) is 14.2 Å². The second-order valence-electron chi connectivity index (χ2n) is 8.64. The van der Waals surface area contributed by atoms with Crippen LogP contribution in [0.4, 0.5) is 17.1 Å². The minimum Gasteiger partial charge on any atom is -0.497 e. The minimum atomic E-state index is -0.841. The summed E-state index contributed by atoms with van der Waals surface area (Å²) in [4.78, 5) is 39.8. The molecule has 9 heteroatoms. The topological polar surface area (TPSA) is 106 Å². The van der Waals surface area contributed by atoms with Gasteiger partial charge in [0, 0.05) is 42.2 Å². The molecule has 3 amide bonds. The number of fused-ring (bicyclic) bond motifs is 1. The third kappa shape index (κ3) is 3.58. The Labute approximate surface area is 196 Å². The molecule has 2 N–H and O–H groups in total. The first kappa shape index (κ1) is 22.0. The van der Waals surface area contributed by atoms with Gasteiger partial charge in [-0.2, -0.15) is 0 Å². The molecule has 9 nitrogen and oxygen atoms in total. The highest BCUT2D eigenvalue weighted by molar-refractivity contribution is 6.05. The average Bonchev–Trinajstić information content (AvgIpc) is 3.47. The fourth-order valence-corrected chi connectivity index (χ4v) is 5.05. The van der Waals surface area contributed by atoms with Crippen LogP contribution in [0.15, 0.2) is 54.6 Å². The highest BCUT2D eigenvalue weighted by Gasteiger charge is 2.67. The van der Waals surface area contributed by atoms with Crippen LogP contribution in [-0.2, 0) is 19.1 Å². The summed E-state index contributed by atoms with van der Waals surface area (Å²) in [5.41, 5.74) is 0.994. The van der Waals surface area contributed by atoms with E-state index in [0.717, 1.165) is 0 Å². The quantitative estimate of drug-likeness (QED) is 0.638. The molecule has 5 rings (SSSR count). The number of methoxy groups -OCH3 is 2. The first-order chi connectivity index (χ1) is 16.3. The van der Waals surface area contributed by atoms with E-state index in [0.29, 0.717) is 35.1 Å². The summed E-state index contributed by atoms with van der Waals surface area (Å²) < 4.78 is 16.8. The van der Waals surface area contributed by atoms with Crippen LogP contribution >= 0.6 is 0 Å². The Bertz CT molecular complexity index is 1170. The van der Waals surface area contributed by atoms with E-state index in [1.807, 2.05) is 12.2 Å². The lowest BCUT2D eigenvalue weighted by atomic mass is 9.77. The summed E-state index contributed by atoms with van der Waals surface area (Å²) in [5, 5.41) is 5.62. The maximum absolute atomic E-state index is 13.5. The van der Waals surface area contributed by atoms with Gasteiger partial charge in [-0.1, -0.05) is 12.2 Å². The van der Waals surface area contributed by atoms with Crippen molar-refractivity contribution in [1.82, 2.24) is 0 Å². The third-order valence-electron chi connectivity index (χ3n) is 6.52. The summed E-state index contributed by atoms with van der Waals surface area (Å²) in [6.07, 6.45) is 3.30. The van der Waals surface area contributed by atoms with Crippen molar-refractivity contribution in [2.75, 3.05) is 36.3 Å². The molecule has 3 aliphatic rings. The zero-order valence-corrected chi connectivity index (χ0v) is 19.0. The van der Waals surface area contributed by atoms with E-state index < -0.39 is 23.5 Å². The molecule has 0 aliphatic carbocycles. The number of hydrogen-bond donors (Lipinski definition) is 2. The fourth-order valence-electron chi connectivity index (χ4n) is 5.05. The number of ether oxygens (including phenoxy) is 3. The monoisotopic (exact) mass is 463 g/mol. The molecule has 2 saturated heterocycles. The average molecular weight is 463 g/mol. The lowest BCUT2D eigenvalue weighted by molar-refractivity contribution is -0.128. The van der Waals surface area contributed by atoms with Gasteiger partial charge in [-0.15, -0.1) is 0 Å². The van der Waals surface area contributed by atoms with Crippen molar-refractivity contribution in [3.8, 4) is 11.5 Å². The van der Waals surface area contributed by atoms with Crippen LogP contribution in [-0.4, -0.2) is 50.2 Å². The van der Waals surface area contributed by atoms with Crippen molar-refractivity contribution in [3.63, 3.8) is 0 Å². The Kier molecular flexibility index (Phi) is 5.28. The molecule has 2 aromatic carbocycles. The first-order valence-electron chi connectivity index (χ1n) is 10.9. The minimum absolute atomic E-state index is 0.164. The van der Waals surface area contributed by atoms with Crippen molar-refractivity contribution in [1.29, 1.82) is 0 Å². The third-order valence-corrected chi connectivity index (χ3v) is 6.52. The highest BCUT2D eigenvalue weighted by atomic mass is 16.5. The molecule has 0 radical (unpaired) electrons. The van der Waals surface area contributed by atoms with E-state index in [2.05, 4.69) is 10.6 Å². The van der Waals surface area contributed by atoms with Gasteiger partial charge < -0.3 is 29.7 Å². The molecule has 2 bridgehead atoms. The van der Waals surface area contributed by atoms with Gasteiger partial charge in [-0.25, -0.2) is 0 Å². The molecular formula is C25H25N3O6. The van der Waals surface area contributed by atoms with Crippen molar-refractivity contribution in [2.24, 2.45) is 11.8 Å². The molecule has 3 heterocycles. The highest BCUT2D eigenvalue weighted by Crippen LogP contribution is 2.53. The van der Waals surface area contributed by atoms with Gasteiger partial charge in [0.05, 0.1) is 38.7 Å². The number of rotatable bonds is 6. The smallest absolute Gasteiger partial charge is 0.234 e. The normalized spacial score (nSPS) is 26.4. The molecule has 3 aliphatic heterocycles. The predicted molar refractivity (Wildman–Crippen MR) is 125 cm³/mol. The number of amides is 3. The number of nitrogens with one attached hydrogen (secondary N) is 2. The Morgan fingerprint density at radius 2 is 1.71 bits per heavy atom. The van der Waals surface area contributed by atoms with Gasteiger partial charge in [0.25, 0.3) is 0 Å². The van der Waals surface area contributed by atoms with Gasteiger partial charge in [-0.3, -0.25) is 14.4 Å². The molecule has 2 fully saturated rings. The molecule has 0 unspecified atom stereocenters. The zero-order valence-electron chi connectivity index (χ0n) is 19.0. The number of nitrogens with zero attached hydrogens (tertiary/aromatic N) is 1. The number of carbonyl (C=O) groups is 3. The Morgan fingerprint density at radius 3 is 2.32 bits per heavy atom. The van der Waals surface area contributed by atoms with E-state index >= 15 is 0 Å². The second kappa shape index (κ2) is 8.18. The maximum Gasteiger partial charge on any atom is 0.234 e. The van der Waals surface area contributed by atoms with Crippen LogP contribution in [0.3, 0.4) is 0 Å². The molecule has 0 aromatic heterocycles. The van der Waals surface area contributed by atoms with E-state index in [9.17, 15) is 14.4 Å². The number of carbonyl (C=O) groups excluding carboxylic acids is 3. The number of hydrogen-bond acceptors (Lipinski definition) is 6. The van der Waals surface area contributed by atoms with Crippen molar-refractivity contribution in [2.45, 2.75) is 18.6 Å². The van der Waals surface area contributed by atoms with Crippen molar-refractivity contribution >= 4 is 34.8 Å². The van der Waals surface area contributed by atoms with Crippen LogP contribution in [0.1, 0.15) is 6.92 Å². The molecule has 176 valence electrons. The number of benzene rings is 2. The second-order valence-corrected chi connectivity index (χ2v) is 8.64. The summed E-state index contributed by atoms with van der Waals surface area (Å²) in [7, 11) is 3.07. The van der Waals surface area contributed by atoms with Gasteiger partial charge >= 0.3 is 0 Å². The summed E-state index contributed by atoms with van der Waals surface area (Å²) in [6.45, 7) is 1.75. The molecule has 0 saturated carbocycles. The fraction of sp³-hybridized carbons (Fsp3) is 0.320. The van der Waals surface area contributed by atoms with Gasteiger partial charge in [0.15, 0.2) is 0 Å². The predicted octanol–water partition coefficient (Wildman–Crippen LogP) is 2.59. The molecule has 34 heavy (non-hydrogen) atoms. The Hall–Kier alpha value is -3.85. The van der Waals surface area contributed by atoms with Crippen LogP contribution < -0.4 is 25.0 Å². The summed E-state index contributed by atoms with van der Waals surface area (Å²) in [5.74, 6) is -0.850. The Morgan fingerprint density at radius 1 is 1.03 bits per heavy atom. The largest absolute Gasteiger partial charge is 0.497 e. The maximum atomic E-state index is 13.5. The molecule has 4 atom stereocenters. The number of anilines is 3. The zero-order chi connectivity index (χ0) is 24.0. The molecular weight excluding hydrogens is 438 g/mol. The van der Waals surface area contributed by atoms with Crippen molar-refractivity contribution < 1.29 is 28.6 Å². The van der Waals surface area contributed by atoms with Crippen LogP contribution in [0.2, 0.25) is 0 Å². The van der Waals surface area contributed by atoms with Gasteiger partial charge in [0.2, 0.25) is 17.7 Å². The van der Waals surface area contributed by atoms with Crippen LogP contribution in [0, 0.1) is 11.8 Å². The van der Waals surface area contributed by atoms with Crippen molar-refractivity contribution in [3.05, 3.63) is 54.6 Å². The Balaban J connectivity index is 1.38. The molecule has 1 spiro atoms. The van der Waals surface area contributed by atoms with Gasteiger partial charge in [0.1, 0.15) is 17.1 Å². The lowest BCUT2D eigenvalue weighted by Crippen LogP contribution is -2.41. The summed E-state index contributed by atoms with van der Waals surface area (Å²) in [6, 6.07) is 12.1. The van der Waals surface area contributed by atoms with Crippen LogP contribution in [0.5, 0.6) is 11.5 Å². The van der Waals surface area contributed by atoms with E-state index in [1.165, 1.54) is 21.1 Å². The van der Waals surface area contributed by atoms with Gasteiger partial charge in [-0.05, 0) is 24.3 Å². The lowest BCUT2D eigenvalue weighted by Gasteiger charge is -2.23. The molecule has 2 aromatic rings. The van der Waals surface area contributed by atoms with E-state index in [-0.39, 0.29) is 17.7 Å². The SMILES string of the molecule is COc1cc(NC(=O)[C@H]2[C@H]3C(=O)N(c4ccc(NC(C)=O)cc4)C[C@@]34C=C[C@H]2O4)cc(OC)c1. The standard InChI is InChI=1S/C25H25N3O6/c1-14(29)26-15-4-6-17(7-5-15)28-13-25-9-8-20(34-25)21(22(25)24(28)31)23(30)27-16-10-18(32-2)12-19(11-16)33-3/h4-12,20-22H,13H2,1-3H3,(H,26,29)(H,27,30)/t20-,21-,22+,25+/m1/s1. The van der Waals surface area contributed by atoms with Crippen LogP contribution in [0.25, 0.3) is 0 Å². The first-order valence-corrected chi connectivity index (χ1v) is 10.9. The van der Waals surface area contributed by atoms with E-state index in [1.54, 1.807) is 47.4 Å².